The van der Waals surface area contributed by atoms with Crippen LogP contribution in [0, 0.1) is 17.3 Å². The van der Waals surface area contributed by atoms with E-state index in [0.717, 1.165) is 43.7 Å². The van der Waals surface area contributed by atoms with E-state index in [1.54, 1.807) is 0 Å². The molecule has 1 saturated heterocycles. The van der Waals surface area contributed by atoms with Crippen LogP contribution in [0.2, 0.25) is 0 Å². The Balaban J connectivity index is 2.35. The van der Waals surface area contributed by atoms with Crippen molar-refractivity contribution in [2.75, 3.05) is 13.1 Å². The molecular formula is C25H45N3. The highest BCUT2D eigenvalue weighted by Crippen LogP contribution is 2.44. The van der Waals surface area contributed by atoms with Crippen LogP contribution in [0.25, 0.3) is 0 Å². The Morgan fingerprint density at radius 3 is 2.29 bits per heavy atom. The molecule has 28 heavy (non-hydrogen) atoms. The van der Waals surface area contributed by atoms with Gasteiger partial charge in [0.05, 0.1) is 6.04 Å². The van der Waals surface area contributed by atoms with Crippen molar-refractivity contribution in [1.29, 1.82) is 0 Å². The van der Waals surface area contributed by atoms with Crippen LogP contribution in [0.15, 0.2) is 49.1 Å². The van der Waals surface area contributed by atoms with E-state index in [1.165, 1.54) is 24.2 Å². The van der Waals surface area contributed by atoms with Gasteiger partial charge < -0.3 is 15.5 Å². The second-order valence-corrected chi connectivity index (χ2v) is 9.67. The zero-order chi connectivity index (χ0) is 21.5. The number of nitrogens with zero attached hydrogens (tertiary/aromatic N) is 1. The zero-order valence-corrected chi connectivity index (χ0v) is 19.5. The number of nitrogens with one attached hydrogen (secondary N) is 2. The Morgan fingerprint density at radius 1 is 1.14 bits per heavy atom. The molecule has 1 aliphatic heterocycles. The van der Waals surface area contributed by atoms with Crippen molar-refractivity contribution < 1.29 is 0 Å². The van der Waals surface area contributed by atoms with Crippen LogP contribution in [0.5, 0.6) is 0 Å². The van der Waals surface area contributed by atoms with Crippen LogP contribution in [0.1, 0.15) is 73.6 Å². The third-order valence-electron chi connectivity index (χ3n) is 5.78. The predicted octanol–water partition coefficient (Wildman–Crippen LogP) is 6.19. The van der Waals surface area contributed by atoms with Gasteiger partial charge in [-0.2, -0.15) is 0 Å². The van der Waals surface area contributed by atoms with E-state index >= 15 is 0 Å². The number of likely N-dealkylation sites (N-methyl/N-ethyl adjacent to an activating group) is 1. The smallest absolute Gasteiger partial charge is 0.0673 e. The minimum Gasteiger partial charge on any atom is -0.387 e. The zero-order valence-electron chi connectivity index (χ0n) is 19.5. The second-order valence-electron chi connectivity index (χ2n) is 9.67. The SMILES string of the molecule is C=C(CCCCCN1C(=C)CC(C(C)(C)C)C1=C)NC(C(=C)NCC)C(C)C. The number of hydrogen-bond acceptors (Lipinski definition) is 3. The molecule has 0 aromatic carbocycles. The van der Waals surface area contributed by atoms with Crippen LogP contribution in [-0.4, -0.2) is 24.0 Å². The van der Waals surface area contributed by atoms with E-state index in [2.05, 4.69) is 83.4 Å². The lowest BCUT2D eigenvalue weighted by Crippen LogP contribution is -2.39. The fourth-order valence-electron chi connectivity index (χ4n) is 4.03. The quantitative estimate of drug-likeness (QED) is 0.391. The van der Waals surface area contributed by atoms with E-state index in [9.17, 15) is 0 Å². The standard InChI is InChI=1S/C25H45N3/c1-11-26-21(6)24(18(2)3)27-19(4)15-13-12-14-16-28-20(5)17-23(22(28)7)25(8,9)10/h18,23-24,26-27H,4-7,11-17H2,1-3,8-10H3. The third kappa shape index (κ3) is 7.07. The molecule has 160 valence electrons. The van der Waals surface area contributed by atoms with Gasteiger partial charge in [0.15, 0.2) is 0 Å². The molecule has 3 nitrogen and oxygen atoms in total. The van der Waals surface area contributed by atoms with Crippen LogP contribution in [0.4, 0.5) is 0 Å². The van der Waals surface area contributed by atoms with Crippen LogP contribution >= 0.6 is 0 Å². The van der Waals surface area contributed by atoms with Gasteiger partial charge in [0.2, 0.25) is 0 Å². The van der Waals surface area contributed by atoms with Crippen molar-refractivity contribution in [3.8, 4) is 0 Å². The van der Waals surface area contributed by atoms with Crippen molar-refractivity contribution in [3.63, 3.8) is 0 Å². The molecule has 1 aliphatic rings. The first-order valence-electron chi connectivity index (χ1n) is 11.0. The summed E-state index contributed by atoms with van der Waals surface area (Å²) in [6.07, 6.45) is 5.57. The van der Waals surface area contributed by atoms with Gasteiger partial charge in [0, 0.05) is 41.8 Å². The maximum atomic E-state index is 4.37. The summed E-state index contributed by atoms with van der Waals surface area (Å²) in [4.78, 5) is 2.36. The molecule has 1 rings (SSSR count). The average Bonchev–Trinajstić information content (AvgIpc) is 2.87. The lowest BCUT2D eigenvalue weighted by molar-refractivity contribution is 0.277. The molecular weight excluding hydrogens is 342 g/mol. The molecule has 0 spiro atoms. The van der Waals surface area contributed by atoms with Gasteiger partial charge in [-0.05, 0) is 43.9 Å². The highest BCUT2D eigenvalue weighted by molar-refractivity contribution is 5.22. The van der Waals surface area contributed by atoms with Gasteiger partial charge in [0.25, 0.3) is 0 Å². The highest BCUT2D eigenvalue weighted by atomic mass is 15.2. The Bertz CT molecular complexity index is 565. The lowest BCUT2D eigenvalue weighted by Gasteiger charge is -2.29. The first kappa shape index (κ1) is 24.4. The highest BCUT2D eigenvalue weighted by Gasteiger charge is 2.36. The maximum absolute atomic E-state index is 4.37. The van der Waals surface area contributed by atoms with Crippen molar-refractivity contribution in [2.45, 2.75) is 79.7 Å². The normalized spacial score (nSPS) is 18.5. The largest absolute Gasteiger partial charge is 0.387 e. The molecule has 0 saturated carbocycles. The van der Waals surface area contributed by atoms with Crippen LogP contribution < -0.4 is 10.6 Å². The van der Waals surface area contributed by atoms with E-state index in [4.69, 9.17) is 0 Å². The molecule has 0 radical (unpaired) electrons. The maximum Gasteiger partial charge on any atom is 0.0673 e. The molecule has 3 heteroatoms. The molecule has 2 N–H and O–H groups in total. The van der Waals surface area contributed by atoms with Crippen molar-refractivity contribution in [3.05, 3.63) is 49.1 Å². The number of unbranched alkanes of at least 4 members (excludes halogenated alkanes) is 2. The summed E-state index contributed by atoms with van der Waals surface area (Å²) < 4.78 is 0. The molecule has 0 bridgehead atoms. The first-order chi connectivity index (χ1) is 13.0. The van der Waals surface area contributed by atoms with E-state index in [0.29, 0.717) is 11.8 Å². The molecule has 0 aromatic rings. The predicted molar refractivity (Wildman–Crippen MR) is 125 cm³/mol. The van der Waals surface area contributed by atoms with Crippen LogP contribution in [-0.2, 0) is 0 Å². The molecule has 1 fully saturated rings. The lowest BCUT2D eigenvalue weighted by atomic mass is 9.78. The summed E-state index contributed by atoms with van der Waals surface area (Å²) in [5.41, 5.74) is 4.91. The summed E-state index contributed by atoms with van der Waals surface area (Å²) >= 11 is 0. The Hall–Kier alpha value is -1.64. The van der Waals surface area contributed by atoms with E-state index in [-0.39, 0.29) is 11.5 Å². The first-order valence-corrected chi connectivity index (χ1v) is 11.0. The minimum atomic E-state index is 0.234. The number of allylic oxidation sites excluding steroid dienone is 3. The average molecular weight is 388 g/mol. The Kier molecular flexibility index (Phi) is 9.39. The molecule has 1 heterocycles. The molecule has 0 aliphatic carbocycles. The number of hydrogen-bond donors (Lipinski definition) is 2. The van der Waals surface area contributed by atoms with Gasteiger partial charge in [-0.15, -0.1) is 0 Å². The van der Waals surface area contributed by atoms with Gasteiger partial charge in [-0.1, -0.05) is 67.4 Å². The summed E-state index contributed by atoms with van der Waals surface area (Å²) in [5.74, 6) is 0.994. The van der Waals surface area contributed by atoms with E-state index in [1.807, 2.05) is 0 Å². The second kappa shape index (κ2) is 10.8. The fraction of sp³-hybridized carbons (Fsp3) is 0.680. The summed E-state index contributed by atoms with van der Waals surface area (Å²) in [6.45, 7) is 32.4. The van der Waals surface area contributed by atoms with Gasteiger partial charge >= 0.3 is 0 Å². The fourth-order valence-corrected chi connectivity index (χ4v) is 4.03. The Morgan fingerprint density at radius 2 is 1.79 bits per heavy atom. The topological polar surface area (TPSA) is 27.3 Å². The molecule has 0 aromatic heterocycles. The van der Waals surface area contributed by atoms with Crippen molar-refractivity contribution >= 4 is 0 Å². The van der Waals surface area contributed by atoms with Gasteiger partial charge in [-0.25, -0.2) is 0 Å². The van der Waals surface area contributed by atoms with Gasteiger partial charge in [0.1, 0.15) is 0 Å². The van der Waals surface area contributed by atoms with Crippen molar-refractivity contribution in [2.24, 2.45) is 17.3 Å². The van der Waals surface area contributed by atoms with Crippen molar-refractivity contribution in [1.82, 2.24) is 15.5 Å². The molecule has 0 amide bonds. The Labute approximate surface area is 175 Å². The minimum absolute atomic E-state index is 0.234. The monoisotopic (exact) mass is 387 g/mol. The summed E-state index contributed by atoms with van der Waals surface area (Å²) in [7, 11) is 0. The van der Waals surface area contributed by atoms with Crippen LogP contribution in [0.3, 0.4) is 0 Å². The number of likely N-dealkylation sites (tertiary alicyclic amines) is 1. The van der Waals surface area contributed by atoms with E-state index < -0.39 is 0 Å². The molecule has 2 unspecified atom stereocenters. The third-order valence-corrected chi connectivity index (χ3v) is 5.78. The number of rotatable bonds is 12. The summed E-state index contributed by atoms with van der Waals surface area (Å²) in [5, 5.41) is 6.92. The summed E-state index contributed by atoms with van der Waals surface area (Å²) in [6, 6.07) is 0.234. The molecule has 2 atom stereocenters. The van der Waals surface area contributed by atoms with Gasteiger partial charge in [-0.3, -0.25) is 0 Å².